The molecule has 180 valence electrons. The van der Waals surface area contributed by atoms with Gasteiger partial charge in [-0.3, -0.25) is 9.59 Å². The Morgan fingerprint density at radius 2 is 1.79 bits per heavy atom. The fourth-order valence-corrected chi connectivity index (χ4v) is 4.69. The van der Waals surface area contributed by atoms with Crippen molar-refractivity contribution >= 4 is 23.1 Å². The number of carbonyl (C=O) groups excluding carboxylic acids is 2. The minimum Gasteiger partial charge on any atom is -0.507 e. The van der Waals surface area contributed by atoms with Gasteiger partial charge in [-0.25, -0.2) is 0 Å². The molecule has 0 unspecified atom stereocenters. The lowest BCUT2D eigenvalue weighted by molar-refractivity contribution is -0.139. The van der Waals surface area contributed by atoms with E-state index in [1.807, 2.05) is 81.3 Å². The number of nitrogens with zero attached hydrogens (tertiary/aromatic N) is 3. The van der Waals surface area contributed by atoms with Crippen molar-refractivity contribution in [3.63, 3.8) is 0 Å². The van der Waals surface area contributed by atoms with Crippen molar-refractivity contribution in [1.82, 2.24) is 9.80 Å². The third-order valence-electron chi connectivity index (χ3n) is 6.44. The molecule has 1 N–H and O–H groups in total. The lowest BCUT2D eigenvalue weighted by Gasteiger charge is -2.26. The molecule has 2 heterocycles. The molecule has 7 heteroatoms. The second-order valence-corrected chi connectivity index (χ2v) is 9.59. The van der Waals surface area contributed by atoms with Gasteiger partial charge in [0.2, 0.25) is 0 Å². The van der Waals surface area contributed by atoms with Crippen LogP contribution in [0.3, 0.4) is 0 Å². The van der Waals surface area contributed by atoms with Crippen molar-refractivity contribution in [1.29, 1.82) is 0 Å². The van der Waals surface area contributed by atoms with E-state index in [1.54, 1.807) is 11.0 Å². The third kappa shape index (κ3) is 4.53. The molecule has 0 radical (unpaired) electrons. The molecule has 7 nitrogen and oxygen atoms in total. The SMILES string of the molecule is C[C@H]1Cc2cc(/C(O)=C3\C(=O)C(=O)N(CCCN(C)C)[C@@H]3c3ccc(N(C)C)cc3)ccc2O1. The van der Waals surface area contributed by atoms with Crippen LogP contribution in [0.1, 0.15) is 36.1 Å². The summed E-state index contributed by atoms with van der Waals surface area (Å²) in [4.78, 5) is 32.0. The van der Waals surface area contributed by atoms with Gasteiger partial charge >= 0.3 is 0 Å². The Morgan fingerprint density at radius 1 is 1.09 bits per heavy atom. The van der Waals surface area contributed by atoms with Crippen LogP contribution in [0.4, 0.5) is 5.69 Å². The van der Waals surface area contributed by atoms with Crippen LogP contribution in [-0.2, 0) is 16.0 Å². The van der Waals surface area contributed by atoms with Gasteiger partial charge in [-0.05, 0) is 75.4 Å². The van der Waals surface area contributed by atoms with Gasteiger partial charge in [-0.15, -0.1) is 0 Å². The van der Waals surface area contributed by atoms with Crippen LogP contribution in [0.5, 0.6) is 5.75 Å². The van der Waals surface area contributed by atoms with E-state index in [9.17, 15) is 14.7 Å². The largest absolute Gasteiger partial charge is 0.507 e. The molecule has 0 saturated carbocycles. The molecule has 0 spiro atoms. The molecule has 2 aromatic rings. The van der Waals surface area contributed by atoms with Crippen molar-refractivity contribution in [3.05, 3.63) is 64.7 Å². The number of fused-ring (bicyclic) bond motifs is 1. The molecule has 0 bridgehead atoms. The highest BCUT2D eigenvalue weighted by molar-refractivity contribution is 6.46. The number of amides is 1. The van der Waals surface area contributed by atoms with Gasteiger partial charge < -0.3 is 24.5 Å². The second-order valence-electron chi connectivity index (χ2n) is 9.59. The Bertz CT molecular complexity index is 1120. The third-order valence-corrected chi connectivity index (χ3v) is 6.44. The van der Waals surface area contributed by atoms with Gasteiger partial charge in [0.25, 0.3) is 11.7 Å². The van der Waals surface area contributed by atoms with E-state index >= 15 is 0 Å². The van der Waals surface area contributed by atoms with Crippen molar-refractivity contribution in [2.45, 2.75) is 31.9 Å². The fraction of sp³-hybridized carbons (Fsp3) is 0.407. The second kappa shape index (κ2) is 9.50. The van der Waals surface area contributed by atoms with Crippen LogP contribution in [-0.4, -0.2) is 74.0 Å². The number of Topliss-reactive ketones (excluding diaryl/α,β-unsaturated/α-hetero) is 1. The molecular weight excluding hydrogens is 430 g/mol. The normalized spacial score (nSPS) is 21.2. The van der Waals surface area contributed by atoms with E-state index in [2.05, 4.69) is 0 Å². The maximum Gasteiger partial charge on any atom is 0.295 e. The van der Waals surface area contributed by atoms with E-state index in [-0.39, 0.29) is 17.4 Å². The zero-order valence-electron chi connectivity index (χ0n) is 20.5. The van der Waals surface area contributed by atoms with Gasteiger partial charge in [0, 0.05) is 38.3 Å². The summed E-state index contributed by atoms with van der Waals surface area (Å²) in [6.45, 7) is 3.21. The molecule has 1 fully saturated rings. The smallest absolute Gasteiger partial charge is 0.295 e. The molecule has 0 aromatic heterocycles. The number of ketones is 1. The lowest BCUT2D eigenvalue weighted by Crippen LogP contribution is -2.32. The minimum atomic E-state index is -0.644. The van der Waals surface area contributed by atoms with Gasteiger partial charge in [0.15, 0.2) is 0 Å². The zero-order valence-corrected chi connectivity index (χ0v) is 20.5. The molecule has 2 aliphatic heterocycles. The number of hydrogen-bond donors (Lipinski definition) is 1. The van der Waals surface area contributed by atoms with Crippen molar-refractivity contribution in [2.24, 2.45) is 0 Å². The zero-order chi connectivity index (χ0) is 24.6. The molecular formula is C27H33N3O4. The molecule has 2 atom stereocenters. The topological polar surface area (TPSA) is 73.3 Å². The first-order chi connectivity index (χ1) is 16.2. The highest BCUT2D eigenvalue weighted by Crippen LogP contribution is 2.41. The number of likely N-dealkylation sites (tertiary alicyclic amines) is 1. The summed E-state index contributed by atoms with van der Waals surface area (Å²) in [7, 11) is 7.87. The molecule has 1 amide bonds. The van der Waals surface area contributed by atoms with E-state index in [0.29, 0.717) is 12.1 Å². The summed E-state index contributed by atoms with van der Waals surface area (Å²) in [5, 5.41) is 11.3. The van der Waals surface area contributed by atoms with Gasteiger partial charge in [0.05, 0.1) is 11.6 Å². The Labute approximate surface area is 201 Å². The first-order valence-electron chi connectivity index (χ1n) is 11.7. The molecule has 2 aliphatic rings. The number of anilines is 1. The monoisotopic (exact) mass is 463 g/mol. The Hall–Kier alpha value is -3.32. The Morgan fingerprint density at radius 3 is 2.44 bits per heavy atom. The number of hydrogen-bond acceptors (Lipinski definition) is 6. The summed E-state index contributed by atoms with van der Waals surface area (Å²) in [5.74, 6) is -0.559. The van der Waals surface area contributed by atoms with E-state index < -0.39 is 17.7 Å². The average molecular weight is 464 g/mol. The van der Waals surface area contributed by atoms with Crippen LogP contribution in [0, 0.1) is 0 Å². The number of carbonyl (C=O) groups is 2. The molecule has 1 saturated heterocycles. The summed E-state index contributed by atoms with van der Waals surface area (Å²) in [6, 6.07) is 12.6. The summed E-state index contributed by atoms with van der Waals surface area (Å²) >= 11 is 0. The van der Waals surface area contributed by atoms with E-state index in [0.717, 1.165) is 42.0 Å². The number of aliphatic hydroxyl groups is 1. The summed E-state index contributed by atoms with van der Waals surface area (Å²) in [6.07, 6.45) is 1.54. The van der Waals surface area contributed by atoms with Crippen molar-refractivity contribution in [3.8, 4) is 5.75 Å². The highest BCUT2D eigenvalue weighted by atomic mass is 16.5. The molecule has 4 rings (SSSR count). The minimum absolute atomic E-state index is 0.0740. The van der Waals surface area contributed by atoms with Crippen LogP contribution < -0.4 is 9.64 Å². The highest BCUT2D eigenvalue weighted by Gasteiger charge is 2.45. The van der Waals surface area contributed by atoms with Gasteiger partial charge in [0.1, 0.15) is 17.6 Å². The maximum atomic E-state index is 13.2. The van der Waals surface area contributed by atoms with Crippen LogP contribution >= 0.6 is 0 Å². The van der Waals surface area contributed by atoms with E-state index in [1.165, 1.54) is 0 Å². The van der Waals surface area contributed by atoms with Gasteiger partial charge in [-0.1, -0.05) is 12.1 Å². The van der Waals surface area contributed by atoms with E-state index in [4.69, 9.17) is 4.74 Å². The first-order valence-corrected chi connectivity index (χ1v) is 11.7. The number of rotatable bonds is 7. The van der Waals surface area contributed by atoms with Gasteiger partial charge in [-0.2, -0.15) is 0 Å². The summed E-state index contributed by atoms with van der Waals surface area (Å²) < 4.78 is 5.77. The molecule has 34 heavy (non-hydrogen) atoms. The Balaban J connectivity index is 1.77. The number of aliphatic hydroxyl groups excluding tert-OH is 1. The van der Waals surface area contributed by atoms with Crippen LogP contribution in [0.15, 0.2) is 48.0 Å². The van der Waals surface area contributed by atoms with Crippen LogP contribution in [0.25, 0.3) is 5.76 Å². The quantitative estimate of drug-likeness (QED) is 0.385. The lowest BCUT2D eigenvalue weighted by atomic mass is 9.94. The Kier molecular flexibility index (Phi) is 6.66. The molecule has 0 aliphatic carbocycles. The molecule has 2 aromatic carbocycles. The number of benzene rings is 2. The van der Waals surface area contributed by atoms with Crippen molar-refractivity contribution < 1.29 is 19.4 Å². The predicted molar refractivity (Wildman–Crippen MR) is 133 cm³/mol. The number of ether oxygens (including phenoxy) is 1. The fourth-order valence-electron chi connectivity index (χ4n) is 4.69. The van der Waals surface area contributed by atoms with Crippen molar-refractivity contribution in [2.75, 3.05) is 46.2 Å². The average Bonchev–Trinajstić information content (AvgIpc) is 3.29. The summed E-state index contributed by atoms with van der Waals surface area (Å²) in [5.41, 5.74) is 3.47. The first kappa shape index (κ1) is 23.8. The maximum absolute atomic E-state index is 13.2. The standard InChI is InChI=1S/C27H33N3O4/c1-17-15-20-16-19(9-12-22(20)34-17)25(31)23-24(18-7-10-21(11-8-18)29(4)5)30(27(33)26(23)32)14-6-13-28(2)3/h7-12,16-17,24,31H,6,13-15H2,1-5H3/b25-23+/t17-,24+/m0/s1. The van der Waals surface area contributed by atoms with Crippen LogP contribution in [0.2, 0.25) is 0 Å². The predicted octanol–water partition coefficient (Wildman–Crippen LogP) is 3.45.